The van der Waals surface area contributed by atoms with Crippen LogP contribution in [0.2, 0.25) is 0 Å². The van der Waals surface area contributed by atoms with Gasteiger partial charge in [0.2, 0.25) is 0 Å². The first-order valence-corrected chi connectivity index (χ1v) is 2.93. The molecule has 74 valence electrons. The van der Waals surface area contributed by atoms with Gasteiger partial charge < -0.3 is 11.2 Å². The second kappa shape index (κ2) is 7.36. The molecule has 0 aromatic carbocycles. The lowest BCUT2D eigenvalue weighted by atomic mass is 10.3. The molecule has 4 nitrogen and oxygen atoms in total. The Labute approximate surface area is 84.3 Å². The van der Waals surface area contributed by atoms with Gasteiger partial charge in [-0.15, -0.1) is 24.8 Å². The largest absolute Gasteiger partial charge is 0.412 e. The summed E-state index contributed by atoms with van der Waals surface area (Å²) in [6.07, 6.45) is 1.94. The van der Waals surface area contributed by atoms with E-state index in [1.54, 1.807) is 4.68 Å². The van der Waals surface area contributed by atoms with Crippen LogP contribution in [0.4, 0.5) is 0 Å². The summed E-state index contributed by atoms with van der Waals surface area (Å²) in [7, 11) is 1.90. The molecule has 1 aromatic rings. The molecule has 0 atom stereocenters. The van der Waals surface area contributed by atoms with Crippen molar-refractivity contribution in [1.29, 1.82) is 0 Å². The fourth-order valence-corrected chi connectivity index (χ4v) is 0.849. The van der Waals surface area contributed by atoms with Gasteiger partial charge in [0.15, 0.2) is 0 Å². The first-order valence-electron chi connectivity index (χ1n) is 2.93. The van der Waals surface area contributed by atoms with Crippen LogP contribution < -0.4 is 5.73 Å². The number of nitrogens with two attached hydrogens (primary N) is 1. The molecule has 4 N–H and O–H groups in total. The average Bonchev–Trinajstić information content (AvgIpc) is 2.10. The van der Waals surface area contributed by atoms with Crippen LogP contribution in [0.15, 0.2) is 6.20 Å². The van der Waals surface area contributed by atoms with Gasteiger partial charge in [-0.3, -0.25) is 4.68 Å². The molecule has 1 aromatic heterocycles. The van der Waals surface area contributed by atoms with E-state index in [0.29, 0.717) is 6.54 Å². The lowest BCUT2D eigenvalue weighted by Crippen LogP contribution is -1.95. The highest BCUT2D eigenvalue weighted by molar-refractivity contribution is 5.85. The Morgan fingerprint density at radius 2 is 2.00 bits per heavy atom. The zero-order valence-corrected chi connectivity index (χ0v) is 8.71. The zero-order chi connectivity index (χ0) is 6.85. The van der Waals surface area contributed by atoms with Crippen molar-refractivity contribution in [3.05, 3.63) is 17.5 Å². The van der Waals surface area contributed by atoms with Crippen LogP contribution in [-0.2, 0) is 13.6 Å². The Hall–Kier alpha value is -0.290. The smallest absolute Gasteiger partial charge is 0.0638 e. The van der Waals surface area contributed by atoms with E-state index in [4.69, 9.17) is 5.73 Å². The van der Waals surface area contributed by atoms with Gasteiger partial charge in [0, 0.05) is 25.4 Å². The van der Waals surface area contributed by atoms with E-state index in [1.165, 1.54) is 0 Å². The maximum Gasteiger partial charge on any atom is 0.0638 e. The van der Waals surface area contributed by atoms with E-state index in [0.717, 1.165) is 11.3 Å². The minimum absolute atomic E-state index is 0. The van der Waals surface area contributed by atoms with Crippen LogP contribution in [0.25, 0.3) is 0 Å². The van der Waals surface area contributed by atoms with Crippen molar-refractivity contribution >= 4 is 24.8 Å². The number of aromatic nitrogens is 2. The van der Waals surface area contributed by atoms with Gasteiger partial charge in [0.1, 0.15) is 0 Å². The molecule has 0 fully saturated rings. The number of nitrogens with zero attached hydrogens (tertiary/aromatic N) is 2. The van der Waals surface area contributed by atoms with E-state index in [-0.39, 0.29) is 30.3 Å². The summed E-state index contributed by atoms with van der Waals surface area (Å²) in [5.74, 6) is 0. The summed E-state index contributed by atoms with van der Waals surface area (Å²) in [6, 6.07) is 0. The second-order valence-electron chi connectivity index (χ2n) is 2.12. The summed E-state index contributed by atoms with van der Waals surface area (Å²) < 4.78 is 1.78. The Morgan fingerprint density at radius 1 is 1.50 bits per heavy atom. The van der Waals surface area contributed by atoms with Gasteiger partial charge >= 0.3 is 0 Å². The van der Waals surface area contributed by atoms with Crippen molar-refractivity contribution in [2.45, 2.75) is 13.5 Å². The van der Waals surface area contributed by atoms with Crippen molar-refractivity contribution in [3.63, 3.8) is 0 Å². The van der Waals surface area contributed by atoms with Gasteiger partial charge in [-0.25, -0.2) is 0 Å². The van der Waals surface area contributed by atoms with Crippen molar-refractivity contribution < 1.29 is 5.48 Å². The van der Waals surface area contributed by atoms with E-state index < -0.39 is 0 Å². The number of rotatable bonds is 1. The number of aryl methyl sites for hydroxylation is 2. The summed E-state index contributed by atoms with van der Waals surface area (Å²) in [6.45, 7) is 2.54. The second-order valence-corrected chi connectivity index (χ2v) is 2.12. The summed E-state index contributed by atoms with van der Waals surface area (Å²) >= 11 is 0. The molecular weight excluding hydrogens is 201 g/mol. The van der Waals surface area contributed by atoms with Crippen molar-refractivity contribution in [1.82, 2.24) is 9.78 Å². The molecule has 12 heavy (non-hydrogen) atoms. The van der Waals surface area contributed by atoms with Crippen LogP contribution in [-0.4, -0.2) is 15.3 Å². The molecule has 6 heteroatoms. The number of hydrogen-bond donors (Lipinski definition) is 1. The highest BCUT2D eigenvalue weighted by Gasteiger charge is 1.97. The Balaban J connectivity index is -0.000000270. The maximum absolute atomic E-state index is 5.41. The number of halogens is 2. The minimum Gasteiger partial charge on any atom is -0.412 e. The lowest BCUT2D eigenvalue weighted by molar-refractivity contribution is 0.756. The average molecular weight is 216 g/mol. The van der Waals surface area contributed by atoms with Gasteiger partial charge in [-0.2, -0.15) is 5.10 Å². The third-order valence-corrected chi connectivity index (χ3v) is 1.34. The summed E-state index contributed by atoms with van der Waals surface area (Å²) in [5, 5.41) is 4.12. The Morgan fingerprint density at radius 3 is 2.17 bits per heavy atom. The molecular formula is C6H15Cl2N3O. The van der Waals surface area contributed by atoms with Gasteiger partial charge in [0.25, 0.3) is 0 Å². The molecule has 0 saturated carbocycles. The normalized spacial score (nSPS) is 7.58. The van der Waals surface area contributed by atoms with Crippen LogP contribution in [0.1, 0.15) is 11.3 Å². The molecule has 0 unspecified atom stereocenters. The van der Waals surface area contributed by atoms with Crippen LogP contribution in [0, 0.1) is 6.92 Å². The zero-order valence-electron chi connectivity index (χ0n) is 7.07. The third kappa shape index (κ3) is 3.92. The quantitative estimate of drug-likeness (QED) is 0.728. The van der Waals surface area contributed by atoms with E-state index in [9.17, 15) is 0 Å². The van der Waals surface area contributed by atoms with Gasteiger partial charge in [-0.05, 0) is 6.92 Å². The molecule has 0 aliphatic carbocycles. The SMILES string of the molecule is Cc1nn(C)cc1CN.Cl.Cl.O. The van der Waals surface area contributed by atoms with Crippen LogP contribution in [0.5, 0.6) is 0 Å². The molecule has 1 heterocycles. The van der Waals surface area contributed by atoms with Crippen molar-refractivity contribution in [2.75, 3.05) is 0 Å². The van der Waals surface area contributed by atoms with E-state index >= 15 is 0 Å². The Kier molecular flexibility index (Phi) is 10.9. The van der Waals surface area contributed by atoms with E-state index in [1.807, 2.05) is 20.2 Å². The Bertz CT molecular complexity index is 215. The van der Waals surface area contributed by atoms with Crippen molar-refractivity contribution in [3.8, 4) is 0 Å². The standard InChI is InChI=1S/C6H11N3.2ClH.H2O/c1-5-6(3-7)4-9(2)8-5;;;/h4H,3,7H2,1-2H3;2*1H;1H2. The minimum atomic E-state index is 0. The molecule has 0 amide bonds. The molecule has 0 radical (unpaired) electrons. The first kappa shape index (κ1) is 17.7. The summed E-state index contributed by atoms with van der Waals surface area (Å²) in [4.78, 5) is 0. The third-order valence-electron chi connectivity index (χ3n) is 1.34. The lowest BCUT2D eigenvalue weighted by Gasteiger charge is -1.85. The molecule has 0 bridgehead atoms. The topological polar surface area (TPSA) is 75.3 Å². The van der Waals surface area contributed by atoms with E-state index in [2.05, 4.69) is 5.10 Å². The highest BCUT2D eigenvalue weighted by atomic mass is 35.5. The van der Waals surface area contributed by atoms with Crippen LogP contribution in [0.3, 0.4) is 0 Å². The molecule has 0 aliphatic heterocycles. The summed E-state index contributed by atoms with van der Waals surface area (Å²) in [5.41, 5.74) is 7.56. The van der Waals surface area contributed by atoms with Crippen LogP contribution >= 0.6 is 24.8 Å². The number of hydrogen-bond acceptors (Lipinski definition) is 2. The predicted molar refractivity (Wildman–Crippen MR) is 53.9 cm³/mol. The molecule has 0 spiro atoms. The van der Waals surface area contributed by atoms with Gasteiger partial charge in [0.05, 0.1) is 5.69 Å². The fraction of sp³-hybridized carbons (Fsp3) is 0.500. The first-order chi connectivity index (χ1) is 4.24. The monoisotopic (exact) mass is 215 g/mol. The molecule has 1 rings (SSSR count). The predicted octanol–water partition coefficient (Wildman–Crippen LogP) is 0.206. The van der Waals surface area contributed by atoms with Crippen molar-refractivity contribution in [2.24, 2.45) is 12.8 Å². The maximum atomic E-state index is 5.41. The molecule has 0 saturated heterocycles. The fourth-order valence-electron chi connectivity index (χ4n) is 0.849. The highest BCUT2D eigenvalue weighted by Crippen LogP contribution is 2.01. The molecule has 0 aliphatic rings. The van der Waals surface area contributed by atoms with Gasteiger partial charge in [-0.1, -0.05) is 0 Å².